The van der Waals surface area contributed by atoms with Crippen molar-refractivity contribution in [3.63, 3.8) is 0 Å². The first kappa shape index (κ1) is 13.4. The average Bonchev–Trinajstić information content (AvgIpc) is 2.66. The Morgan fingerprint density at radius 3 is 2.69 bits per heavy atom. The van der Waals surface area contributed by atoms with Crippen LogP contribution in [0.5, 0.6) is 5.88 Å². The molecule has 0 bridgehead atoms. The Balaban J connectivity index is 2.92. The van der Waals surface area contributed by atoms with Gasteiger partial charge in [-0.25, -0.2) is 0 Å². The summed E-state index contributed by atoms with van der Waals surface area (Å²) >= 11 is 3.45. The van der Waals surface area contributed by atoms with Crippen molar-refractivity contribution in [3.05, 3.63) is 18.9 Å². The highest BCUT2D eigenvalue weighted by Gasteiger charge is 2.14. The Labute approximate surface area is 105 Å². The van der Waals surface area contributed by atoms with Gasteiger partial charge in [-0.2, -0.15) is 0 Å². The van der Waals surface area contributed by atoms with Crippen molar-refractivity contribution in [2.24, 2.45) is 0 Å². The second-order valence-corrected chi connectivity index (χ2v) is 4.60. The molecule has 0 atom stereocenters. The number of hydrogen-bond donors (Lipinski definition) is 0. The lowest BCUT2D eigenvalue weighted by Gasteiger charge is -2.11. The molecule has 0 saturated heterocycles. The summed E-state index contributed by atoms with van der Waals surface area (Å²) in [6.45, 7) is 4.90. The lowest BCUT2D eigenvalue weighted by atomic mass is 10.6. The molecule has 0 spiro atoms. The summed E-state index contributed by atoms with van der Waals surface area (Å²) in [4.78, 5) is 1.24. The smallest absolute Gasteiger partial charge is 0.195 e. The summed E-state index contributed by atoms with van der Waals surface area (Å²) in [5.41, 5.74) is 0. The molecule has 1 aromatic rings. The summed E-state index contributed by atoms with van der Waals surface area (Å²) in [5.74, 6) is 0.876. The first-order valence-corrected chi connectivity index (χ1v) is 7.31. The normalized spacial score (nSPS) is 10.2. The van der Waals surface area contributed by atoms with Gasteiger partial charge in [0.05, 0.1) is 24.9 Å². The van der Waals surface area contributed by atoms with Crippen LogP contribution in [0, 0.1) is 0 Å². The van der Waals surface area contributed by atoms with E-state index >= 15 is 0 Å². The Bertz CT molecular complexity index is 350. The highest BCUT2D eigenvalue weighted by Crippen LogP contribution is 2.35. The quantitative estimate of drug-likeness (QED) is 0.426. The Morgan fingerprint density at radius 2 is 2.19 bits per heavy atom. The van der Waals surface area contributed by atoms with Crippen LogP contribution in [0.4, 0.5) is 0 Å². The van der Waals surface area contributed by atoms with Crippen molar-refractivity contribution in [3.8, 4) is 5.88 Å². The molecule has 0 aromatic carbocycles. The minimum Gasteiger partial charge on any atom is -0.500 e. The lowest BCUT2D eigenvalue weighted by molar-refractivity contribution is 0.226. The van der Waals surface area contributed by atoms with Crippen molar-refractivity contribution in [2.75, 3.05) is 26.2 Å². The maximum absolute atomic E-state index is 5.36. The number of thioether (sulfide) groups is 2. The van der Waals surface area contributed by atoms with Crippen LogP contribution in [-0.4, -0.2) is 30.8 Å². The van der Waals surface area contributed by atoms with Crippen molar-refractivity contribution >= 4 is 23.5 Å². The Morgan fingerprint density at radius 1 is 1.44 bits per heavy atom. The van der Waals surface area contributed by atoms with E-state index in [9.17, 15) is 0 Å². The predicted octanol–water partition coefficient (Wildman–Crippen LogP) is 3.10. The van der Waals surface area contributed by atoms with Gasteiger partial charge in [-0.1, -0.05) is 6.58 Å². The van der Waals surface area contributed by atoms with Gasteiger partial charge in [0.1, 0.15) is 6.61 Å². The maximum atomic E-state index is 5.36. The van der Waals surface area contributed by atoms with Crippen molar-refractivity contribution < 1.29 is 9.47 Å². The molecule has 1 rings (SSSR count). The lowest BCUT2D eigenvalue weighted by Crippen LogP contribution is -2.06. The molecular weight excluding hydrogens is 242 g/mol. The standard InChI is InChI=1S/C11H17NO2S2/c1-5-14-7-6-12-10(13-2)8-9(15-3)11(12)16-4/h5,8H,1,6-7H2,2-4H3. The maximum Gasteiger partial charge on any atom is 0.195 e. The Hall–Kier alpha value is -0.680. The molecule has 0 amide bonds. The third-order valence-corrected chi connectivity index (χ3v) is 3.86. The molecule has 0 saturated carbocycles. The van der Waals surface area contributed by atoms with Gasteiger partial charge in [-0.15, -0.1) is 23.5 Å². The van der Waals surface area contributed by atoms with Crippen LogP contribution >= 0.6 is 23.5 Å². The predicted molar refractivity (Wildman–Crippen MR) is 70.7 cm³/mol. The van der Waals surface area contributed by atoms with Gasteiger partial charge in [0, 0.05) is 11.0 Å². The highest BCUT2D eigenvalue weighted by molar-refractivity contribution is 8.01. The summed E-state index contributed by atoms with van der Waals surface area (Å²) in [6.07, 6.45) is 5.60. The van der Waals surface area contributed by atoms with Crippen LogP contribution in [0.3, 0.4) is 0 Å². The zero-order valence-electron chi connectivity index (χ0n) is 9.86. The van der Waals surface area contributed by atoms with Crippen LogP contribution in [0.1, 0.15) is 0 Å². The van der Waals surface area contributed by atoms with Crippen LogP contribution in [-0.2, 0) is 11.3 Å². The molecule has 0 fully saturated rings. The van der Waals surface area contributed by atoms with Crippen molar-refractivity contribution in [1.29, 1.82) is 0 Å². The first-order valence-electron chi connectivity index (χ1n) is 4.86. The molecule has 1 aromatic heterocycles. The van der Waals surface area contributed by atoms with E-state index < -0.39 is 0 Å². The third-order valence-electron chi connectivity index (χ3n) is 2.15. The second-order valence-electron chi connectivity index (χ2n) is 2.95. The summed E-state index contributed by atoms with van der Waals surface area (Å²) in [7, 11) is 1.69. The number of methoxy groups -OCH3 is 1. The third kappa shape index (κ3) is 2.92. The number of hydrogen-bond acceptors (Lipinski definition) is 4. The minimum absolute atomic E-state index is 0.607. The molecule has 0 unspecified atom stereocenters. The van der Waals surface area contributed by atoms with Crippen LogP contribution < -0.4 is 4.74 Å². The van der Waals surface area contributed by atoms with Gasteiger partial charge in [0.25, 0.3) is 0 Å². The van der Waals surface area contributed by atoms with Gasteiger partial charge >= 0.3 is 0 Å². The molecule has 0 aliphatic carbocycles. The van der Waals surface area contributed by atoms with Crippen LogP contribution in [0.15, 0.2) is 28.8 Å². The topological polar surface area (TPSA) is 23.4 Å². The van der Waals surface area contributed by atoms with Gasteiger partial charge in [0.2, 0.25) is 0 Å². The molecule has 0 aliphatic rings. The van der Waals surface area contributed by atoms with E-state index in [1.54, 1.807) is 30.6 Å². The molecule has 0 N–H and O–H groups in total. The van der Waals surface area contributed by atoms with Gasteiger partial charge in [0.15, 0.2) is 5.88 Å². The van der Waals surface area contributed by atoms with E-state index in [4.69, 9.17) is 9.47 Å². The Kier molecular flexibility index (Phi) is 5.69. The summed E-state index contributed by atoms with van der Waals surface area (Å²) in [6, 6.07) is 2.06. The van der Waals surface area contributed by atoms with Gasteiger partial charge in [-0.05, 0) is 12.5 Å². The zero-order valence-corrected chi connectivity index (χ0v) is 11.5. The molecule has 16 heavy (non-hydrogen) atoms. The average molecular weight is 259 g/mol. The first-order chi connectivity index (χ1) is 7.78. The molecule has 0 radical (unpaired) electrons. The highest BCUT2D eigenvalue weighted by atomic mass is 32.2. The van der Waals surface area contributed by atoms with Gasteiger partial charge < -0.3 is 14.0 Å². The van der Waals surface area contributed by atoms with Crippen LogP contribution in [0.2, 0.25) is 0 Å². The van der Waals surface area contributed by atoms with E-state index in [2.05, 4.69) is 29.7 Å². The SMILES string of the molecule is C=COCCn1c(OC)cc(SC)c1SC. The molecule has 5 heteroatoms. The summed E-state index contributed by atoms with van der Waals surface area (Å²) in [5, 5.41) is 1.22. The fourth-order valence-electron chi connectivity index (χ4n) is 1.45. The molecular formula is C11H17NO2S2. The fourth-order valence-corrected chi connectivity index (χ4v) is 3.12. The van der Waals surface area contributed by atoms with E-state index in [0.29, 0.717) is 6.61 Å². The monoisotopic (exact) mass is 259 g/mol. The molecule has 1 heterocycles. The van der Waals surface area contributed by atoms with E-state index in [1.807, 2.05) is 0 Å². The number of aromatic nitrogens is 1. The van der Waals surface area contributed by atoms with E-state index in [0.717, 1.165) is 12.4 Å². The fraction of sp³-hybridized carbons (Fsp3) is 0.455. The molecule has 0 aliphatic heterocycles. The summed E-state index contributed by atoms with van der Waals surface area (Å²) < 4.78 is 12.6. The number of ether oxygens (including phenoxy) is 2. The number of rotatable bonds is 7. The van der Waals surface area contributed by atoms with Crippen molar-refractivity contribution in [1.82, 2.24) is 4.57 Å². The van der Waals surface area contributed by atoms with Crippen molar-refractivity contribution in [2.45, 2.75) is 16.5 Å². The second kappa shape index (κ2) is 6.81. The van der Waals surface area contributed by atoms with Crippen LogP contribution in [0.25, 0.3) is 0 Å². The zero-order chi connectivity index (χ0) is 12.0. The number of nitrogens with zero attached hydrogens (tertiary/aromatic N) is 1. The van der Waals surface area contributed by atoms with E-state index in [-0.39, 0.29) is 0 Å². The van der Waals surface area contributed by atoms with Gasteiger partial charge in [-0.3, -0.25) is 0 Å². The largest absolute Gasteiger partial charge is 0.500 e. The minimum atomic E-state index is 0.607. The molecule has 90 valence electrons. The van der Waals surface area contributed by atoms with E-state index in [1.165, 1.54) is 16.2 Å². The molecule has 3 nitrogen and oxygen atoms in total.